The Balaban J connectivity index is 1.52. The van der Waals surface area contributed by atoms with Crippen molar-refractivity contribution in [1.82, 2.24) is 5.32 Å². The third-order valence-corrected chi connectivity index (χ3v) is 4.53. The van der Waals surface area contributed by atoms with Crippen molar-refractivity contribution in [3.63, 3.8) is 0 Å². The summed E-state index contributed by atoms with van der Waals surface area (Å²) in [5.41, 5.74) is 1.47. The lowest BCUT2D eigenvalue weighted by atomic mass is 9.76. The minimum atomic E-state index is 0.678. The molecule has 1 aromatic carbocycles. The zero-order valence-electron chi connectivity index (χ0n) is 12.6. The number of ether oxygens (including phenoxy) is 1. The first-order chi connectivity index (χ1) is 9.65. The van der Waals surface area contributed by atoms with Gasteiger partial charge < -0.3 is 10.1 Å². The molecular formula is C17H26BrNO. The second kappa shape index (κ2) is 8.16. The number of halogens is 1. The monoisotopic (exact) mass is 339 g/mol. The van der Waals surface area contributed by atoms with Crippen LogP contribution >= 0.6 is 15.9 Å². The molecule has 3 heteroatoms. The third kappa shape index (κ3) is 5.19. The number of nitrogens with one attached hydrogen (secondary N) is 1. The molecule has 1 aliphatic carbocycles. The van der Waals surface area contributed by atoms with Crippen molar-refractivity contribution in [2.45, 2.75) is 45.1 Å². The fourth-order valence-electron chi connectivity index (χ4n) is 2.55. The standard InChI is InChI=1S/C17H26BrNO/c1-13(2)7-9-20-10-8-19-17-11-15(12-17)14-3-5-16(18)6-4-14/h3-6,13,15,17,19H,7-12H2,1-2H3. The Kier molecular flexibility index (Phi) is 6.53. The molecule has 1 aliphatic rings. The quantitative estimate of drug-likeness (QED) is 0.711. The van der Waals surface area contributed by atoms with Gasteiger partial charge in [-0.2, -0.15) is 0 Å². The van der Waals surface area contributed by atoms with E-state index in [0.717, 1.165) is 42.5 Å². The molecule has 20 heavy (non-hydrogen) atoms. The van der Waals surface area contributed by atoms with Gasteiger partial charge in [0.25, 0.3) is 0 Å². The van der Waals surface area contributed by atoms with E-state index in [1.807, 2.05) is 0 Å². The van der Waals surface area contributed by atoms with Gasteiger partial charge in [-0.05, 0) is 48.8 Å². The van der Waals surface area contributed by atoms with Crippen LogP contribution in [0.3, 0.4) is 0 Å². The van der Waals surface area contributed by atoms with Gasteiger partial charge in [0.2, 0.25) is 0 Å². The summed E-state index contributed by atoms with van der Waals surface area (Å²) < 4.78 is 6.78. The smallest absolute Gasteiger partial charge is 0.0591 e. The van der Waals surface area contributed by atoms with Gasteiger partial charge in [0.05, 0.1) is 6.61 Å². The summed E-state index contributed by atoms with van der Waals surface area (Å²) in [7, 11) is 0. The summed E-state index contributed by atoms with van der Waals surface area (Å²) in [6.07, 6.45) is 3.68. The van der Waals surface area contributed by atoms with E-state index in [9.17, 15) is 0 Å². The molecular weight excluding hydrogens is 314 g/mol. The molecule has 0 saturated heterocycles. The molecule has 1 fully saturated rings. The van der Waals surface area contributed by atoms with Crippen molar-refractivity contribution in [3.05, 3.63) is 34.3 Å². The predicted molar refractivity (Wildman–Crippen MR) is 88.2 cm³/mol. The first-order valence-corrected chi connectivity index (χ1v) is 8.51. The van der Waals surface area contributed by atoms with E-state index < -0.39 is 0 Å². The molecule has 1 saturated carbocycles. The van der Waals surface area contributed by atoms with Crippen LogP contribution in [0.25, 0.3) is 0 Å². The van der Waals surface area contributed by atoms with Crippen LogP contribution in [0.1, 0.15) is 44.6 Å². The first kappa shape index (κ1) is 16.0. The highest BCUT2D eigenvalue weighted by atomic mass is 79.9. The Bertz CT molecular complexity index is 384. The van der Waals surface area contributed by atoms with Gasteiger partial charge in [0, 0.05) is 23.7 Å². The zero-order valence-corrected chi connectivity index (χ0v) is 14.2. The maximum Gasteiger partial charge on any atom is 0.0591 e. The van der Waals surface area contributed by atoms with Crippen molar-refractivity contribution >= 4 is 15.9 Å². The van der Waals surface area contributed by atoms with E-state index in [0.29, 0.717) is 6.04 Å². The normalized spacial score (nSPS) is 22.0. The van der Waals surface area contributed by atoms with Crippen LogP contribution in [0.4, 0.5) is 0 Å². The molecule has 0 atom stereocenters. The van der Waals surface area contributed by atoms with Crippen molar-refractivity contribution in [2.75, 3.05) is 19.8 Å². The highest BCUT2D eigenvalue weighted by Gasteiger charge is 2.29. The average Bonchev–Trinajstić information content (AvgIpc) is 2.37. The average molecular weight is 340 g/mol. The molecule has 0 spiro atoms. The van der Waals surface area contributed by atoms with Gasteiger partial charge >= 0.3 is 0 Å². The van der Waals surface area contributed by atoms with Gasteiger partial charge in [-0.25, -0.2) is 0 Å². The molecule has 2 rings (SSSR count). The minimum Gasteiger partial charge on any atom is -0.380 e. The van der Waals surface area contributed by atoms with E-state index in [1.54, 1.807) is 0 Å². The van der Waals surface area contributed by atoms with E-state index in [-0.39, 0.29) is 0 Å². The summed E-state index contributed by atoms with van der Waals surface area (Å²) in [4.78, 5) is 0. The molecule has 0 bridgehead atoms. The maximum atomic E-state index is 5.62. The predicted octanol–water partition coefficient (Wildman–Crippen LogP) is 4.35. The van der Waals surface area contributed by atoms with Gasteiger partial charge in [-0.1, -0.05) is 41.9 Å². The van der Waals surface area contributed by atoms with Crippen LogP contribution in [0.5, 0.6) is 0 Å². The second-order valence-electron chi connectivity index (χ2n) is 6.17. The lowest BCUT2D eigenvalue weighted by Crippen LogP contribution is -2.41. The van der Waals surface area contributed by atoms with Crippen LogP contribution in [-0.4, -0.2) is 25.8 Å². The summed E-state index contributed by atoms with van der Waals surface area (Å²) in [5.74, 6) is 1.48. The Morgan fingerprint density at radius 1 is 1.20 bits per heavy atom. The number of benzene rings is 1. The largest absolute Gasteiger partial charge is 0.380 e. The molecule has 1 aromatic rings. The van der Waals surface area contributed by atoms with Crippen LogP contribution in [0.2, 0.25) is 0 Å². The van der Waals surface area contributed by atoms with Gasteiger partial charge in [-0.3, -0.25) is 0 Å². The van der Waals surface area contributed by atoms with Gasteiger partial charge in [0.1, 0.15) is 0 Å². The number of hydrogen-bond donors (Lipinski definition) is 1. The van der Waals surface area contributed by atoms with Crippen LogP contribution in [-0.2, 0) is 4.74 Å². The summed E-state index contributed by atoms with van der Waals surface area (Å²) >= 11 is 3.48. The Morgan fingerprint density at radius 3 is 2.55 bits per heavy atom. The highest BCUT2D eigenvalue weighted by Crippen LogP contribution is 2.37. The fraction of sp³-hybridized carbons (Fsp3) is 0.647. The molecule has 112 valence electrons. The molecule has 0 unspecified atom stereocenters. The minimum absolute atomic E-state index is 0.678. The number of rotatable bonds is 8. The van der Waals surface area contributed by atoms with Crippen LogP contribution in [0, 0.1) is 5.92 Å². The van der Waals surface area contributed by atoms with E-state index in [4.69, 9.17) is 4.74 Å². The van der Waals surface area contributed by atoms with Crippen LogP contribution < -0.4 is 5.32 Å². The van der Waals surface area contributed by atoms with Crippen molar-refractivity contribution in [3.8, 4) is 0 Å². The maximum absolute atomic E-state index is 5.62. The van der Waals surface area contributed by atoms with Gasteiger partial charge in [0.15, 0.2) is 0 Å². The molecule has 2 nitrogen and oxygen atoms in total. The lowest BCUT2D eigenvalue weighted by molar-refractivity contribution is 0.119. The van der Waals surface area contributed by atoms with E-state index in [1.165, 1.54) is 18.4 Å². The number of hydrogen-bond acceptors (Lipinski definition) is 2. The topological polar surface area (TPSA) is 21.3 Å². The van der Waals surface area contributed by atoms with Crippen molar-refractivity contribution in [2.24, 2.45) is 5.92 Å². The fourth-order valence-corrected chi connectivity index (χ4v) is 2.81. The zero-order chi connectivity index (χ0) is 14.4. The van der Waals surface area contributed by atoms with Gasteiger partial charge in [-0.15, -0.1) is 0 Å². The summed E-state index contributed by atoms with van der Waals surface area (Å²) in [5, 5.41) is 3.58. The Hall–Kier alpha value is -0.380. The first-order valence-electron chi connectivity index (χ1n) is 7.71. The van der Waals surface area contributed by atoms with E-state index >= 15 is 0 Å². The SMILES string of the molecule is CC(C)CCOCCNC1CC(c2ccc(Br)cc2)C1. The van der Waals surface area contributed by atoms with Crippen LogP contribution in [0.15, 0.2) is 28.7 Å². The van der Waals surface area contributed by atoms with Crippen molar-refractivity contribution < 1.29 is 4.74 Å². The summed E-state index contributed by atoms with van der Waals surface area (Å²) in [6, 6.07) is 9.43. The lowest BCUT2D eigenvalue weighted by Gasteiger charge is -2.36. The molecule has 0 aliphatic heterocycles. The third-order valence-electron chi connectivity index (χ3n) is 4.00. The molecule has 0 aromatic heterocycles. The highest BCUT2D eigenvalue weighted by molar-refractivity contribution is 9.10. The Morgan fingerprint density at radius 2 is 1.90 bits per heavy atom. The van der Waals surface area contributed by atoms with Crippen molar-refractivity contribution in [1.29, 1.82) is 0 Å². The molecule has 0 radical (unpaired) electrons. The molecule has 1 N–H and O–H groups in total. The molecule has 0 amide bonds. The van der Waals surface area contributed by atoms with E-state index in [2.05, 4.69) is 59.4 Å². The summed E-state index contributed by atoms with van der Waals surface area (Å²) in [6.45, 7) is 7.18. The second-order valence-corrected chi connectivity index (χ2v) is 7.08. The Labute approximate surface area is 131 Å². The molecule has 0 heterocycles.